The highest BCUT2D eigenvalue weighted by atomic mass is 16.3. The number of aliphatic hydroxyl groups excluding tert-OH is 1. The maximum atomic E-state index is 10.3. The van der Waals surface area contributed by atoms with Gasteiger partial charge in [0.1, 0.15) is 0 Å². The van der Waals surface area contributed by atoms with Crippen LogP contribution in [0.2, 0.25) is 0 Å². The van der Waals surface area contributed by atoms with E-state index >= 15 is 0 Å². The Labute approximate surface area is 107 Å². The van der Waals surface area contributed by atoms with E-state index in [-0.39, 0.29) is 6.10 Å². The normalized spacial score (nSPS) is 32.9. The van der Waals surface area contributed by atoms with Crippen LogP contribution in [0.25, 0.3) is 0 Å². The molecule has 3 aliphatic rings. The summed E-state index contributed by atoms with van der Waals surface area (Å²) in [7, 11) is 0. The lowest BCUT2D eigenvalue weighted by atomic mass is 9.81. The molecule has 1 fully saturated rings. The molecule has 1 aromatic rings. The van der Waals surface area contributed by atoms with Crippen LogP contribution < -0.4 is 4.90 Å². The van der Waals surface area contributed by atoms with Gasteiger partial charge in [0, 0.05) is 36.5 Å². The summed E-state index contributed by atoms with van der Waals surface area (Å²) < 4.78 is 0. The van der Waals surface area contributed by atoms with Crippen molar-refractivity contribution in [3.63, 3.8) is 0 Å². The van der Waals surface area contributed by atoms with E-state index < -0.39 is 0 Å². The van der Waals surface area contributed by atoms with Crippen molar-refractivity contribution in [3.8, 4) is 0 Å². The number of aliphatic imine (C=N–C) groups is 1. The molecule has 0 amide bonds. The Balaban J connectivity index is 1.91. The lowest BCUT2D eigenvalue weighted by Crippen LogP contribution is -2.39. The highest BCUT2D eigenvalue weighted by Gasteiger charge is 2.42. The van der Waals surface area contributed by atoms with Gasteiger partial charge in [0.25, 0.3) is 0 Å². The quantitative estimate of drug-likeness (QED) is 0.753. The topological polar surface area (TPSA) is 35.8 Å². The molecule has 0 radical (unpaired) electrons. The Bertz CT molecular complexity index is 511. The van der Waals surface area contributed by atoms with Gasteiger partial charge in [-0.05, 0) is 24.3 Å². The molecule has 2 aliphatic heterocycles. The molecule has 1 N–H and O–H groups in total. The molecule has 1 aliphatic carbocycles. The van der Waals surface area contributed by atoms with Gasteiger partial charge in [0.15, 0.2) is 0 Å². The second-order valence-electron chi connectivity index (χ2n) is 5.70. The molecule has 0 saturated heterocycles. The first-order chi connectivity index (χ1) is 8.84. The molecule has 3 heteroatoms. The van der Waals surface area contributed by atoms with Crippen LogP contribution in [0.3, 0.4) is 0 Å². The number of rotatable bonds is 0. The number of anilines is 1. The summed E-state index contributed by atoms with van der Waals surface area (Å²) in [5.74, 6) is 0.976. The van der Waals surface area contributed by atoms with Crippen LogP contribution in [0.5, 0.6) is 0 Å². The first kappa shape index (κ1) is 10.6. The monoisotopic (exact) mass is 242 g/mol. The summed E-state index contributed by atoms with van der Waals surface area (Å²) in [6.07, 6.45) is 3.97. The zero-order chi connectivity index (χ0) is 12.1. The van der Waals surface area contributed by atoms with Crippen molar-refractivity contribution in [1.82, 2.24) is 0 Å². The van der Waals surface area contributed by atoms with Gasteiger partial charge in [-0.1, -0.05) is 18.2 Å². The van der Waals surface area contributed by atoms with E-state index in [2.05, 4.69) is 28.1 Å². The van der Waals surface area contributed by atoms with Crippen LogP contribution in [0.1, 0.15) is 29.9 Å². The molecule has 18 heavy (non-hydrogen) atoms. The summed E-state index contributed by atoms with van der Waals surface area (Å²) >= 11 is 0. The van der Waals surface area contributed by atoms with Gasteiger partial charge in [-0.2, -0.15) is 0 Å². The van der Waals surface area contributed by atoms with Crippen LogP contribution >= 0.6 is 0 Å². The third kappa shape index (κ3) is 1.37. The summed E-state index contributed by atoms with van der Waals surface area (Å²) in [4.78, 5) is 6.95. The third-order valence-corrected chi connectivity index (χ3v) is 4.71. The van der Waals surface area contributed by atoms with E-state index in [9.17, 15) is 5.11 Å². The smallest absolute Gasteiger partial charge is 0.0613 e. The number of nitrogens with zero attached hydrogens (tertiary/aromatic N) is 2. The molecule has 1 aromatic carbocycles. The number of benzene rings is 1. The fraction of sp³-hybridized carbons (Fsp3) is 0.533. The average Bonchev–Trinajstić information content (AvgIpc) is 2.63. The average molecular weight is 242 g/mol. The predicted octanol–water partition coefficient (Wildman–Crippen LogP) is 1.79. The molecular formula is C15H18N2O. The summed E-state index contributed by atoms with van der Waals surface area (Å²) in [5.41, 5.74) is 3.91. The predicted molar refractivity (Wildman–Crippen MR) is 72.6 cm³/mol. The first-order valence-corrected chi connectivity index (χ1v) is 6.90. The Morgan fingerprint density at radius 2 is 2.22 bits per heavy atom. The second-order valence-corrected chi connectivity index (χ2v) is 5.70. The minimum Gasteiger partial charge on any atom is -0.392 e. The third-order valence-electron chi connectivity index (χ3n) is 4.71. The zero-order valence-corrected chi connectivity index (χ0v) is 10.4. The Kier molecular flexibility index (Phi) is 2.24. The zero-order valence-electron chi connectivity index (χ0n) is 10.4. The van der Waals surface area contributed by atoms with Crippen LogP contribution in [-0.4, -0.2) is 37.1 Å². The number of para-hydroxylation sites is 1. The van der Waals surface area contributed by atoms with Crippen LogP contribution in [0, 0.1) is 5.92 Å². The molecule has 3 unspecified atom stereocenters. The lowest BCUT2D eigenvalue weighted by molar-refractivity contribution is 0.153. The minimum atomic E-state index is -0.149. The minimum absolute atomic E-state index is 0.149. The lowest BCUT2D eigenvalue weighted by Gasteiger charge is -2.39. The standard InChI is InChI=1S/C15H18N2O/c18-13-5-4-11-9-17-7-6-16-8-10-2-1-3-12(14(11)13)15(10)17/h1-3,8,11,13-14,18H,4-7,9H2. The number of hydrogen-bond donors (Lipinski definition) is 1. The fourth-order valence-electron chi connectivity index (χ4n) is 3.96. The van der Waals surface area contributed by atoms with Crippen molar-refractivity contribution in [1.29, 1.82) is 0 Å². The summed E-state index contributed by atoms with van der Waals surface area (Å²) in [6, 6.07) is 6.45. The molecule has 94 valence electrons. The van der Waals surface area contributed by atoms with Gasteiger partial charge < -0.3 is 10.0 Å². The van der Waals surface area contributed by atoms with Crippen molar-refractivity contribution >= 4 is 11.9 Å². The van der Waals surface area contributed by atoms with Gasteiger partial charge in [-0.25, -0.2) is 0 Å². The fourth-order valence-corrected chi connectivity index (χ4v) is 3.96. The van der Waals surface area contributed by atoms with Crippen LogP contribution in [-0.2, 0) is 0 Å². The Morgan fingerprint density at radius 3 is 3.17 bits per heavy atom. The number of fused-ring (bicyclic) bond motifs is 2. The van der Waals surface area contributed by atoms with Gasteiger partial charge >= 0.3 is 0 Å². The number of hydrogen-bond acceptors (Lipinski definition) is 3. The maximum Gasteiger partial charge on any atom is 0.0613 e. The Morgan fingerprint density at radius 1 is 1.28 bits per heavy atom. The molecule has 4 rings (SSSR count). The van der Waals surface area contributed by atoms with E-state index in [1.807, 2.05) is 6.21 Å². The van der Waals surface area contributed by atoms with Gasteiger partial charge in [0.2, 0.25) is 0 Å². The van der Waals surface area contributed by atoms with E-state index in [1.165, 1.54) is 16.8 Å². The van der Waals surface area contributed by atoms with Crippen LogP contribution in [0.15, 0.2) is 23.2 Å². The number of aliphatic hydroxyl groups is 1. The van der Waals surface area contributed by atoms with Crippen molar-refractivity contribution in [2.75, 3.05) is 24.5 Å². The van der Waals surface area contributed by atoms with Crippen molar-refractivity contribution in [2.24, 2.45) is 10.9 Å². The van der Waals surface area contributed by atoms with Crippen molar-refractivity contribution in [3.05, 3.63) is 29.3 Å². The summed E-state index contributed by atoms with van der Waals surface area (Å²) in [6.45, 7) is 2.99. The van der Waals surface area contributed by atoms with E-state index in [4.69, 9.17) is 0 Å². The molecular weight excluding hydrogens is 224 g/mol. The van der Waals surface area contributed by atoms with E-state index in [0.29, 0.717) is 11.8 Å². The van der Waals surface area contributed by atoms with Crippen molar-refractivity contribution in [2.45, 2.75) is 24.9 Å². The maximum absolute atomic E-state index is 10.3. The first-order valence-electron chi connectivity index (χ1n) is 6.90. The van der Waals surface area contributed by atoms with Gasteiger partial charge in [0.05, 0.1) is 12.6 Å². The summed E-state index contributed by atoms with van der Waals surface area (Å²) in [5, 5.41) is 10.3. The van der Waals surface area contributed by atoms with E-state index in [1.54, 1.807) is 0 Å². The molecule has 3 atom stereocenters. The molecule has 2 heterocycles. The van der Waals surface area contributed by atoms with E-state index in [0.717, 1.165) is 32.5 Å². The molecule has 1 saturated carbocycles. The molecule has 0 aromatic heterocycles. The second kappa shape index (κ2) is 3.82. The van der Waals surface area contributed by atoms with Crippen LogP contribution in [0.4, 0.5) is 5.69 Å². The molecule has 0 bridgehead atoms. The van der Waals surface area contributed by atoms with Gasteiger partial charge in [-0.15, -0.1) is 0 Å². The molecule has 3 nitrogen and oxygen atoms in total. The molecule has 0 spiro atoms. The van der Waals surface area contributed by atoms with Crippen molar-refractivity contribution < 1.29 is 5.11 Å². The van der Waals surface area contributed by atoms with Gasteiger partial charge in [-0.3, -0.25) is 4.99 Å². The Hall–Kier alpha value is -1.35. The highest BCUT2D eigenvalue weighted by Crippen LogP contribution is 2.48. The largest absolute Gasteiger partial charge is 0.392 e. The highest BCUT2D eigenvalue weighted by molar-refractivity contribution is 5.90. The SMILES string of the molecule is OC1CCC2CN3CCN=Cc4cccc(c43)C12.